The number of primary amides is 1. The second-order valence-electron chi connectivity index (χ2n) is 0.611. The maximum atomic E-state index is 9.22. The normalized spacial score (nSPS) is 3.12. The summed E-state index contributed by atoms with van der Waals surface area (Å²) in [7, 11) is 0. The fourth-order valence-corrected chi connectivity index (χ4v) is 0. The Balaban J connectivity index is -0.00000000750. The Labute approximate surface area is 57.9 Å². The number of hydrogen-bond donors (Lipinski definition) is 1. The van der Waals surface area contributed by atoms with Crippen molar-refractivity contribution in [3.05, 3.63) is 0 Å². The second-order valence-corrected chi connectivity index (χ2v) is 0.611. The average molecular weight is 137 g/mol. The van der Waals surface area contributed by atoms with Gasteiger partial charge >= 0.3 is 17.4 Å². The molecule has 8 heavy (non-hydrogen) atoms. The molecule has 0 saturated heterocycles. The molecule has 0 aliphatic carbocycles. The SMILES string of the molecule is CC(N)=O.[Al+3].[OH-].[OH-].[OH-]. The Bertz CT molecular complexity index is 37.0. The standard InChI is InChI=1S/C2H5NO.Al.3H2O/c1-2(3)4;;;;/h1H3,(H2,3,4);;3*1H2/q;+3;;;/p-3. The molecule has 6 heteroatoms. The Kier molecular flexibility index (Phi) is 161. The summed E-state index contributed by atoms with van der Waals surface area (Å²) in [5.41, 5.74) is 4.47. The van der Waals surface area contributed by atoms with E-state index in [0.29, 0.717) is 0 Å². The molecule has 0 saturated carbocycles. The second kappa shape index (κ2) is 28.7. The monoisotopic (exact) mass is 137 g/mol. The van der Waals surface area contributed by atoms with Gasteiger partial charge < -0.3 is 22.2 Å². The molecule has 0 atom stereocenters. The van der Waals surface area contributed by atoms with Gasteiger partial charge in [0.05, 0.1) is 0 Å². The van der Waals surface area contributed by atoms with Crippen LogP contribution in [-0.2, 0) is 4.79 Å². The molecule has 0 fully saturated rings. The van der Waals surface area contributed by atoms with Gasteiger partial charge in [-0.3, -0.25) is 4.79 Å². The van der Waals surface area contributed by atoms with E-state index in [1.165, 1.54) is 6.92 Å². The molecule has 0 spiro atoms. The first-order chi connectivity index (χ1) is 1.73. The van der Waals surface area contributed by atoms with E-state index in [0.717, 1.165) is 0 Å². The summed E-state index contributed by atoms with van der Waals surface area (Å²) in [6.45, 7) is 1.31. The van der Waals surface area contributed by atoms with Gasteiger partial charge in [-0.2, -0.15) is 0 Å². The predicted molar refractivity (Wildman–Crippen MR) is 26.4 cm³/mol. The molecule has 0 aromatic rings. The molecule has 0 radical (unpaired) electrons. The average Bonchev–Trinajstić information content (AvgIpc) is 0.811. The number of amides is 1. The first-order valence-electron chi connectivity index (χ1n) is 0.993. The van der Waals surface area contributed by atoms with Gasteiger partial charge in [0.15, 0.2) is 0 Å². The smallest absolute Gasteiger partial charge is 0.870 e. The Morgan fingerprint density at radius 2 is 1.25 bits per heavy atom. The van der Waals surface area contributed by atoms with Crippen molar-refractivity contribution in [2.24, 2.45) is 5.73 Å². The van der Waals surface area contributed by atoms with Crippen molar-refractivity contribution >= 4 is 23.3 Å². The summed E-state index contributed by atoms with van der Waals surface area (Å²) in [6, 6.07) is 0. The van der Waals surface area contributed by atoms with Gasteiger partial charge in [-0.05, 0) is 0 Å². The van der Waals surface area contributed by atoms with Crippen molar-refractivity contribution in [2.75, 3.05) is 0 Å². The van der Waals surface area contributed by atoms with E-state index in [4.69, 9.17) is 0 Å². The van der Waals surface area contributed by atoms with Crippen LogP contribution in [0.15, 0.2) is 0 Å². The van der Waals surface area contributed by atoms with Crippen LogP contribution in [0, 0.1) is 0 Å². The van der Waals surface area contributed by atoms with E-state index in [-0.39, 0.29) is 39.7 Å². The Hall–Kier alpha value is -0.118. The van der Waals surface area contributed by atoms with Crippen molar-refractivity contribution in [3.8, 4) is 0 Å². The molecule has 0 aliphatic heterocycles. The van der Waals surface area contributed by atoms with Crippen molar-refractivity contribution < 1.29 is 21.2 Å². The van der Waals surface area contributed by atoms with E-state index in [1.54, 1.807) is 0 Å². The van der Waals surface area contributed by atoms with Gasteiger partial charge in [0.2, 0.25) is 5.91 Å². The molecular formula is C2H8AlNO4. The van der Waals surface area contributed by atoms with Crippen molar-refractivity contribution in [1.29, 1.82) is 0 Å². The van der Waals surface area contributed by atoms with Crippen molar-refractivity contribution in [2.45, 2.75) is 6.92 Å². The fraction of sp³-hybridized carbons (Fsp3) is 0.500. The van der Waals surface area contributed by atoms with Crippen LogP contribution in [0.25, 0.3) is 0 Å². The maximum absolute atomic E-state index is 9.22. The summed E-state index contributed by atoms with van der Waals surface area (Å²) in [4.78, 5) is 9.22. The summed E-state index contributed by atoms with van der Waals surface area (Å²) in [5, 5.41) is 0. The van der Waals surface area contributed by atoms with Crippen LogP contribution in [0.2, 0.25) is 0 Å². The molecule has 48 valence electrons. The third kappa shape index (κ3) is 10200. The largest absolute Gasteiger partial charge is 3.00 e. The van der Waals surface area contributed by atoms with E-state index in [9.17, 15) is 4.79 Å². The summed E-state index contributed by atoms with van der Waals surface area (Å²) in [6.07, 6.45) is 0. The van der Waals surface area contributed by atoms with Gasteiger partial charge in [0.1, 0.15) is 0 Å². The molecule has 0 aromatic heterocycles. The molecule has 0 bridgehead atoms. The number of carbonyl (C=O) groups is 1. The van der Waals surface area contributed by atoms with E-state index < -0.39 is 0 Å². The zero-order valence-corrected chi connectivity index (χ0v) is 5.56. The molecule has 0 rings (SSSR count). The van der Waals surface area contributed by atoms with Gasteiger partial charge in [0, 0.05) is 6.92 Å². The number of carbonyl (C=O) groups excluding carboxylic acids is 1. The maximum Gasteiger partial charge on any atom is 3.00 e. The Morgan fingerprint density at radius 3 is 1.25 bits per heavy atom. The van der Waals surface area contributed by atoms with Gasteiger partial charge in [-0.25, -0.2) is 0 Å². The summed E-state index contributed by atoms with van der Waals surface area (Å²) in [5.74, 6) is -0.333. The van der Waals surface area contributed by atoms with Crippen LogP contribution in [-0.4, -0.2) is 39.7 Å². The van der Waals surface area contributed by atoms with Gasteiger partial charge in [-0.1, -0.05) is 0 Å². The van der Waals surface area contributed by atoms with Crippen LogP contribution in [0.4, 0.5) is 0 Å². The predicted octanol–water partition coefficient (Wildman–Crippen LogP) is -1.42. The number of hydrogen-bond acceptors (Lipinski definition) is 4. The Morgan fingerprint density at radius 1 is 1.25 bits per heavy atom. The molecule has 0 unspecified atom stereocenters. The molecule has 1 amide bonds. The fourth-order valence-electron chi connectivity index (χ4n) is 0. The molecule has 0 aromatic carbocycles. The molecular weight excluding hydrogens is 129 g/mol. The molecule has 5 nitrogen and oxygen atoms in total. The third-order valence-electron chi connectivity index (χ3n) is 0. The van der Waals surface area contributed by atoms with E-state index in [2.05, 4.69) is 5.73 Å². The first kappa shape index (κ1) is 44.9. The van der Waals surface area contributed by atoms with Crippen molar-refractivity contribution in [1.82, 2.24) is 0 Å². The first-order valence-corrected chi connectivity index (χ1v) is 0.993. The van der Waals surface area contributed by atoms with Gasteiger partial charge in [0.25, 0.3) is 0 Å². The molecule has 5 N–H and O–H groups in total. The summed E-state index contributed by atoms with van der Waals surface area (Å²) < 4.78 is 0. The van der Waals surface area contributed by atoms with Crippen LogP contribution in [0.3, 0.4) is 0 Å². The van der Waals surface area contributed by atoms with Crippen LogP contribution < -0.4 is 5.73 Å². The number of rotatable bonds is 0. The van der Waals surface area contributed by atoms with Gasteiger partial charge in [-0.15, -0.1) is 0 Å². The van der Waals surface area contributed by atoms with Crippen LogP contribution in [0.5, 0.6) is 0 Å². The zero-order chi connectivity index (χ0) is 3.58. The number of nitrogens with two attached hydrogens (primary N) is 1. The minimum Gasteiger partial charge on any atom is -0.870 e. The summed E-state index contributed by atoms with van der Waals surface area (Å²) >= 11 is 0. The topological polar surface area (TPSA) is 133 Å². The van der Waals surface area contributed by atoms with E-state index >= 15 is 0 Å². The minimum atomic E-state index is -0.333. The molecule has 0 heterocycles. The zero-order valence-electron chi connectivity index (χ0n) is 4.40. The van der Waals surface area contributed by atoms with E-state index in [1.807, 2.05) is 0 Å². The molecule has 0 aliphatic rings. The quantitative estimate of drug-likeness (QED) is 0.410. The third-order valence-corrected chi connectivity index (χ3v) is 0. The van der Waals surface area contributed by atoms with Crippen molar-refractivity contribution in [3.63, 3.8) is 0 Å². The minimum absolute atomic E-state index is 0. The van der Waals surface area contributed by atoms with Crippen LogP contribution in [0.1, 0.15) is 6.92 Å². The van der Waals surface area contributed by atoms with Crippen LogP contribution >= 0.6 is 0 Å².